The Labute approximate surface area is 106 Å². The van der Waals surface area contributed by atoms with Gasteiger partial charge in [-0.3, -0.25) is 9.69 Å². The molecule has 0 aliphatic carbocycles. The van der Waals surface area contributed by atoms with Gasteiger partial charge in [0.1, 0.15) is 6.04 Å². The maximum atomic E-state index is 11.0. The van der Waals surface area contributed by atoms with E-state index in [2.05, 4.69) is 15.9 Å². The largest absolute Gasteiger partial charge is 0.480 e. The van der Waals surface area contributed by atoms with E-state index in [1.165, 1.54) is 4.88 Å². The van der Waals surface area contributed by atoms with E-state index in [0.717, 1.165) is 3.79 Å². The predicted octanol–water partition coefficient (Wildman–Crippen LogP) is 1.80. The first-order chi connectivity index (χ1) is 7.66. The monoisotopic (exact) mass is 305 g/mol. The summed E-state index contributed by atoms with van der Waals surface area (Å²) in [7, 11) is 0. The summed E-state index contributed by atoms with van der Waals surface area (Å²) in [5.74, 6) is -0.810. The van der Waals surface area contributed by atoms with E-state index >= 15 is 0 Å². The molecule has 16 heavy (non-hydrogen) atoms. The maximum absolute atomic E-state index is 11.0. The number of carbonyl (C=O) groups is 1. The molecule has 0 radical (unpaired) electrons. The van der Waals surface area contributed by atoms with Crippen molar-refractivity contribution in [2.24, 2.45) is 0 Å². The van der Waals surface area contributed by atoms with Gasteiger partial charge in [-0.25, -0.2) is 0 Å². The van der Waals surface area contributed by atoms with E-state index in [1.54, 1.807) is 11.3 Å². The van der Waals surface area contributed by atoms with Crippen molar-refractivity contribution < 1.29 is 14.6 Å². The van der Waals surface area contributed by atoms with Crippen LogP contribution in [0.1, 0.15) is 4.88 Å². The number of halogens is 1. The third kappa shape index (κ3) is 2.82. The quantitative estimate of drug-likeness (QED) is 0.925. The van der Waals surface area contributed by atoms with Gasteiger partial charge in [0.05, 0.1) is 17.0 Å². The van der Waals surface area contributed by atoms with Crippen molar-refractivity contribution in [3.63, 3.8) is 0 Å². The molecule has 88 valence electrons. The summed E-state index contributed by atoms with van der Waals surface area (Å²) in [6.07, 6.45) is 0. The van der Waals surface area contributed by atoms with Crippen LogP contribution in [0.2, 0.25) is 0 Å². The predicted molar refractivity (Wildman–Crippen MR) is 64.7 cm³/mol. The van der Waals surface area contributed by atoms with Crippen molar-refractivity contribution in [2.45, 2.75) is 12.6 Å². The number of hydrogen-bond donors (Lipinski definition) is 1. The standard InChI is InChI=1S/C10H12BrNO3S/c11-9-2-1-7(16-9)5-12-3-4-15-6-8(12)10(13)14/h1-2,8H,3-6H2,(H,13,14). The Bertz CT molecular complexity index is 382. The lowest BCUT2D eigenvalue weighted by atomic mass is 10.2. The molecule has 0 amide bonds. The molecule has 1 aliphatic heterocycles. The number of morpholine rings is 1. The van der Waals surface area contributed by atoms with Crippen LogP contribution in [0, 0.1) is 0 Å². The third-order valence-electron chi connectivity index (χ3n) is 2.51. The molecule has 1 saturated heterocycles. The minimum atomic E-state index is -0.810. The maximum Gasteiger partial charge on any atom is 0.323 e. The van der Waals surface area contributed by atoms with E-state index in [4.69, 9.17) is 9.84 Å². The van der Waals surface area contributed by atoms with Gasteiger partial charge in [-0.2, -0.15) is 0 Å². The molecule has 1 atom stereocenters. The number of aliphatic carboxylic acids is 1. The second-order valence-electron chi connectivity index (χ2n) is 3.61. The summed E-state index contributed by atoms with van der Waals surface area (Å²) < 4.78 is 6.26. The van der Waals surface area contributed by atoms with Crippen molar-refractivity contribution in [1.29, 1.82) is 0 Å². The molecule has 1 aromatic rings. The number of nitrogens with zero attached hydrogens (tertiary/aromatic N) is 1. The SMILES string of the molecule is O=C(O)C1COCCN1Cc1ccc(Br)s1. The van der Waals surface area contributed by atoms with E-state index in [-0.39, 0.29) is 6.61 Å². The zero-order valence-corrected chi connectivity index (χ0v) is 11.0. The van der Waals surface area contributed by atoms with Crippen LogP contribution >= 0.6 is 27.3 Å². The fourth-order valence-corrected chi connectivity index (χ4v) is 3.20. The zero-order chi connectivity index (χ0) is 11.5. The number of thiophene rings is 1. The van der Waals surface area contributed by atoms with Crippen molar-refractivity contribution in [3.8, 4) is 0 Å². The van der Waals surface area contributed by atoms with Crippen molar-refractivity contribution in [2.75, 3.05) is 19.8 Å². The normalized spacial score (nSPS) is 22.2. The summed E-state index contributed by atoms with van der Waals surface area (Å²) in [5, 5.41) is 9.06. The Morgan fingerprint density at radius 1 is 1.69 bits per heavy atom. The van der Waals surface area contributed by atoms with Gasteiger partial charge < -0.3 is 9.84 Å². The number of hydrogen-bond acceptors (Lipinski definition) is 4. The highest BCUT2D eigenvalue weighted by Gasteiger charge is 2.29. The molecule has 2 rings (SSSR count). The Hall–Kier alpha value is -0.430. The van der Waals surface area contributed by atoms with Crippen LogP contribution in [0.4, 0.5) is 0 Å². The van der Waals surface area contributed by atoms with Crippen LogP contribution in [0.15, 0.2) is 15.9 Å². The van der Waals surface area contributed by atoms with Crippen LogP contribution < -0.4 is 0 Å². The van der Waals surface area contributed by atoms with Crippen LogP contribution in [0.5, 0.6) is 0 Å². The van der Waals surface area contributed by atoms with Crippen LogP contribution in [0.3, 0.4) is 0 Å². The third-order valence-corrected chi connectivity index (χ3v) is 4.12. The Morgan fingerprint density at radius 3 is 3.12 bits per heavy atom. The topological polar surface area (TPSA) is 49.8 Å². The second kappa shape index (κ2) is 5.27. The molecule has 4 nitrogen and oxygen atoms in total. The highest BCUT2D eigenvalue weighted by Crippen LogP contribution is 2.24. The molecule has 0 saturated carbocycles. The van der Waals surface area contributed by atoms with Gasteiger partial charge in [0.25, 0.3) is 0 Å². The van der Waals surface area contributed by atoms with E-state index in [1.807, 2.05) is 17.0 Å². The molecule has 1 aromatic heterocycles. The molecule has 1 aliphatic rings. The van der Waals surface area contributed by atoms with Gasteiger partial charge in [-0.15, -0.1) is 11.3 Å². The molecule has 2 heterocycles. The summed E-state index contributed by atoms with van der Waals surface area (Å²) in [5.41, 5.74) is 0. The lowest BCUT2D eigenvalue weighted by Crippen LogP contribution is -2.49. The Balaban J connectivity index is 2.03. The van der Waals surface area contributed by atoms with E-state index < -0.39 is 12.0 Å². The highest BCUT2D eigenvalue weighted by molar-refractivity contribution is 9.11. The van der Waals surface area contributed by atoms with Gasteiger partial charge in [-0.1, -0.05) is 0 Å². The summed E-state index contributed by atoms with van der Waals surface area (Å²) in [4.78, 5) is 14.1. The average molecular weight is 306 g/mol. The molecule has 0 spiro atoms. The lowest BCUT2D eigenvalue weighted by Gasteiger charge is -2.32. The van der Waals surface area contributed by atoms with Crippen molar-refractivity contribution >= 4 is 33.2 Å². The number of carboxylic acid groups (broad SMARTS) is 1. The molecule has 0 aromatic carbocycles. The number of rotatable bonds is 3. The number of ether oxygens (including phenoxy) is 1. The first kappa shape index (κ1) is 12.0. The zero-order valence-electron chi connectivity index (χ0n) is 8.56. The summed E-state index contributed by atoms with van der Waals surface area (Å²) in [6.45, 7) is 2.24. The molecule has 6 heteroatoms. The number of carboxylic acids is 1. The fourth-order valence-electron chi connectivity index (χ4n) is 1.69. The van der Waals surface area contributed by atoms with Crippen LogP contribution in [0.25, 0.3) is 0 Å². The van der Waals surface area contributed by atoms with Gasteiger partial charge in [-0.05, 0) is 28.1 Å². The minimum absolute atomic E-state index is 0.280. The van der Waals surface area contributed by atoms with Crippen LogP contribution in [-0.2, 0) is 16.1 Å². The van der Waals surface area contributed by atoms with Crippen LogP contribution in [-0.4, -0.2) is 41.8 Å². The molecular formula is C10H12BrNO3S. The fraction of sp³-hybridized carbons (Fsp3) is 0.500. The Kier molecular flexibility index (Phi) is 3.96. The van der Waals surface area contributed by atoms with Crippen molar-refractivity contribution in [3.05, 3.63) is 20.8 Å². The van der Waals surface area contributed by atoms with Gasteiger partial charge in [0.2, 0.25) is 0 Å². The molecule has 0 bridgehead atoms. The average Bonchev–Trinajstić information content (AvgIpc) is 2.64. The smallest absolute Gasteiger partial charge is 0.323 e. The van der Waals surface area contributed by atoms with Crippen molar-refractivity contribution in [1.82, 2.24) is 4.90 Å². The lowest BCUT2D eigenvalue weighted by molar-refractivity contribution is -0.150. The second-order valence-corrected chi connectivity index (χ2v) is 6.15. The van der Waals surface area contributed by atoms with E-state index in [9.17, 15) is 4.79 Å². The minimum Gasteiger partial charge on any atom is -0.480 e. The summed E-state index contributed by atoms with van der Waals surface area (Å²) in [6, 6.07) is 3.48. The summed E-state index contributed by atoms with van der Waals surface area (Å²) >= 11 is 5.04. The van der Waals surface area contributed by atoms with E-state index in [0.29, 0.717) is 19.7 Å². The van der Waals surface area contributed by atoms with Gasteiger partial charge >= 0.3 is 5.97 Å². The molecule has 1 N–H and O–H groups in total. The van der Waals surface area contributed by atoms with Gasteiger partial charge in [0, 0.05) is 18.0 Å². The molecule has 1 fully saturated rings. The Morgan fingerprint density at radius 2 is 2.50 bits per heavy atom. The molecule has 1 unspecified atom stereocenters. The van der Waals surface area contributed by atoms with Gasteiger partial charge in [0.15, 0.2) is 0 Å². The molecular weight excluding hydrogens is 294 g/mol. The first-order valence-electron chi connectivity index (χ1n) is 4.95. The first-order valence-corrected chi connectivity index (χ1v) is 6.56. The highest BCUT2D eigenvalue weighted by atomic mass is 79.9.